The van der Waals surface area contributed by atoms with Crippen molar-refractivity contribution in [2.45, 2.75) is 60.3 Å². The Labute approximate surface area is 106 Å². The van der Waals surface area contributed by atoms with Gasteiger partial charge in [-0.1, -0.05) is 5.92 Å². The highest BCUT2D eigenvalue weighted by Crippen LogP contribution is 2.27. The van der Waals surface area contributed by atoms with E-state index in [1.807, 2.05) is 0 Å². The van der Waals surface area contributed by atoms with Gasteiger partial charge in [-0.15, -0.1) is 0 Å². The lowest BCUT2D eigenvalue weighted by molar-refractivity contribution is 0.748. The monoisotopic (exact) mass is 227 g/mol. The average Bonchev–Trinajstić information content (AvgIpc) is 2.33. The molecule has 0 amide bonds. The fourth-order valence-corrected chi connectivity index (χ4v) is 2.47. The van der Waals surface area contributed by atoms with Crippen molar-refractivity contribution in [2.75, 3.05) is 0 Å². The largest absolute Gasteiger partial charge is 0.0891 e. The third kappa shape index (κ3) is 2.91. The van der Waals surface area contributed by atoms with E-state index < -0.39 is 0 Å². The zero-order valence-electron chi connectivity index (χ0n) is 11.8. The second kappa shape index (κ2) is 5.92. The lowest BCUT2D eigenvalue weighted by Gasteiger charge is -2.18. The van der Waals surface area contributed by atoms with Crippen LogP contribution in [-0.2, 0) is 6.42 Å². The van der Waals surface area contributed by atoms with Gasteiger partial charge in [0.25, 0.3) is 0 Å². The maximum absolute atomic E-state index is 6.92. The molecule has 0 atom stereocenters. The maximum Gasteiger partial charge on any atom is 0.00990 e. The van der Waals surface area contributed by atoms with E-state index in [1.165, 1.54) is 33.4 Å². The lowest BCUT2D eigenvalue weighted by Crippen LogP contribution is -2.03. The molecule has 0 bridgehead atoms. The van der Waals surface area contributed by atoms with Gasteiger partial charge in [-0.05, 0) is 93.7 Å². The van der Waals surface area contributed by atoms with Gasteiger partial charge in [0.1, 0.15) is 0 Å². The summed E-state index contributed by atoms with van der Waals surface area (Å²) in [4.78, 5) is 0. The van der Waals surface area contributed by atoms with Crippen molar-refractivity contribution in [1.29, 1.82) is 0 Å². The molecule has 0 aliphatic heterocycles. The zero-order valence-corrected chi connectivity index (χ0v) is 11.8. The minimum absolute atomic E-state index is 0.794. The van der Waals surface area contributed by atoms with Gasteiger partial charge in [0.2, 0.25) is 0 Å². The van der Waals surface area contributed by atoms with Gasteiger partial charge in [-0.2, -0.15) is 0 Å². The van der Waals surface area contributed by atoms with E-state index in [0.717, 1.165) is 25.7 Å². The van der Waals surface area contributed by atoms with Crippen LogP contribution in [0.25, 0.3) is 0 Å². The SMILES string of the molecule is [C]#CCCCCc1c(C)c(C)c(C)c(C)c1C. The molecule has 0 heteroatoms. The molecule has 0 nitrogen and oxygen atoms in total. The Hall–Kier alpha value is -1.22. The number of hydrogen-bond acceptors (Lipinski definition) is 0. The number of unbranched alkanes of at least 4 members (excludes halogenated alkanes) is 2. The lowest BCUT2D eigenvalue weighted by atomic mass is 9.87. The van der Waals surface area contributed by atoms with Crippen molar-refractivity contribution in [3.63, 3.8) is 0 Å². The van der Waals surface area contributed by atoms with Crippen LogP contribution in [0, 0.1) is 47.0 Å². The second-order valence-corrected chi connectivity index (χ2v) is 4.99. The molecule has 0 aliphatic rings. The molecule has 0 spiro atoms. The highest BCUT2D eigenvalue weighted by atomic mass is 14.2. The fraction of sp³-hybridized carbons (Fsp3) is 0.529. The normalized spacial score (nSPS) is 10.4. The maximum atomic E-state index is 6.92. The standard InChI is InChI=1S/C17H23/c1-7-8-9-10-11-17-15(5)13(3)12(2)14(4)16(17)6/h8-11H2,2-6H3. The molecule has 0 heterocycles. The molecule has 0 unspecified atom stereocenters. The molecule has 0 aromatic heterocycles. The summed E-state index contributed by atoms with van der Waals surface area (Å²) in [6.45, 7) is 11.2. The Morgan fingerprint density at radius 1 is 0.765 bits per heavy atom. The molecule has 1 aromatic rings. The number of rotatable bonds is 4. The third-order valence-corrected chi connectivity index (χ3v) is 4.13. The van der Waals surface area contributed by atoms with Crippen LogP contribution in [0.4, 0.5) is 0 Å². The topological polar surface area (TPSA) is 0 Å². The minimum Gasteiger partial charge on any atom is -0.0891 e. The summed E-state index contributed by atoms with van der Waals surface area (Å²) in [5.74, 6) is 2.47. The summed E-state index contributed by atoms with van der Waals surface area (Å²) in [6.07, 6.45) is 11.1. The molecule has 91 valence electrons. The van der Waals surface area contributed by atoms with Gasteiger partial charge in [0, 0.05) is 6.42 Å². The predicted octanol–water partition coefficient (Wildman–Crippen LogP) is 4.53. The van der Waals surface area contributed by atoms with Crippen molar-refractivity contribution < 1.29 is 0 Å². The van der Waals surface area contributed by atoms with Crippen LogP contribution in [0.1, 0.15) is 52.6 Å². The van der Waals surface area contributed by atoms with Crippen LogP contribution in [0.15, 0.2) is 0 Å². The van der Waals surface area contributed by atoms with E-state index in [2.05, 4.69) is 40.5 Å². The van der Waals surface area contributed by atoms with Gasteiger partial charge >= 0.3 is 0 Å². The summed E-state index contributed by atoms with van der Waals surface area (Å²) < 4.78 is 0. The van der Waals surface area contributed by atoms with E-state index in [4.69, 9.17) is 6.42 Å². The first-order chi connectivity index (χ1) is 8.00. The Morgan fingerprint density at radius 2 is 1.24 bits per heavy atom. The highest BCUT2D eigenvalue weighted by molar-refractivity contribution is 5.49. The average molecular weight is 227 g/mol. The molecular weight excluding hydrogens is 204 g/mol. The van der Waals surface area contributed by atoms with Gasteiger partial charge < -0.3 is 0 Å². The molecule has 0 saturated carbocycles. The number of benzene rings is 1. The van der Waals surface area contributed by atoms with E-state index >= 15 is 0 Å². The number of hydrogen-bond donors (Lipinski definition) is 0. The summed E-state index contributed by atoms with van der Waals surface area (Å²) in [6, 6.07) is 0. The van der Waals surface area contributed by atoms with Gasteiger partial charge in [-0.3, -0.25) is 0 Å². The van der Waals surface area contributed by atoms with Crippen LogP contribution in [0.3, 0.4) is 0 Å². The van der Waals surface area contributed by atoms with Crippen molar-refractivity contribution >= 4 is 0 Å². The van der Waals surface area contributed by atoms with Crippen LogP contribution in [-0.4, -0.2) is 0 Å². The molecule has 0 aliphatic carbocycles. The van der Waals surface area contributed by atoms with Crippen LogP contribution < -0.4 is 0 Å². The van der Waals surface area contributed by atoms with Crippen LogP contribution >= 0.6 is 0 Å². The van der Waals surface area contributed by atoms with Crippen LogP contribution in [0.5, 0.6) is 0 Å². The summed E-state index contributed by atoms with van der Waals surface area (Å²) >= 11 is 0. The fourth-order valence-electron chi connectivity index (χ4n) is 2.47. The predicted molar refractivity (Wildman–Crippen MR) is 74.8 cm³/mol. The molecule has 0 N–H and O–H groups in total. The second-order valence-electron chi connectivity index (χ2n) is 4.99. The molecule has 0 saturated heterocycles. The Balaban J connectivity index is 2.96. The van der Waals surface area contributed by atoms with Crippen LogP contribution in [0.2, 0.25) is 0 Å². The molecule has 1 rings (SSSR count). The molecule has 1 radical (unpaired) electrons. The summed E-state index contributed by atoms with van der Waals surface area (Å²) in [5.41, 5.74) is 8.78. The van der Waals surface area contributed by atoms with E-state index in [-0.39, 0.29) is 0 Å². The molecule has 0 fully saturated rings. The van der Waals surface area contributed by atoms with Gasteiger partial charge in [0.05, 0.1) is 0 Å². The smallest absolute Gasteiger partial charge is 0.00990 e. The Kier molecular flexibility index (Phi) is 4.82. The minimum atomic E-state index is 0.794. The van der Waals surface area contributed by atoms with Gasteiger partial charge in [-0.25, -0.2) is 0 Å². The van der Waals surface area contributed by atoms with Gasteiger partial charge in [0.15, 0.2) is 0 Å². The third-order valence-electron chi connectivity index (χ3n) is 4.13. The van der Waals surface area contributed by atoms with Crippen molar-refractivity contribution in [1.82, 2.24) is 0 Å². The zero-order chi connectivity index (χ0) is 13.0. The quantitative estimate of drug-likeness (QED) is 0.523. The Morgan fingerprint density at radius 3 is 1.71 bits per heavy atom. The summed E-state index contributed by atoms with van der Waals surface area (Å²) in [5, 5.41) is 0. The van der Waals surface area contributed by atoms with E-state index in [1.54, 1.807) is 0 Å². The Bertz CT molecular complexity index is 415. The molecule has 1 aromatic carbocycles. The van der Waals surface area contributed by atoms with Crippen molar-refractivity contribution in [3.05, 3.63) is 39.8 Å². The first-order valence-electron chi connectivity index (χ1n) is 6.46. The van der Waals surface area contributed by atoms with E-state index in [9.17, 15) is 0 Å². The first-order valence-corrected chi connectivity index (χ1v) is 6.46. The first kappa shape index (κ1) is 13.8. The molecular formula is C17H23. The van der Waals surface area contributed by atoms with E-state index in [0.29, 0.717) is 0 Å². The summed E-state index contributed by atoms with van der Waals surface area (Å²) in [7, 11) is 0. The van der Waals surface area contributed by atoms with Crippen molar-refractivity contribution in [3.8, 4) is 5.92 Å². The highest BCUT2D eigenvalue weighted by Gasteiger charge is 2.11. The molecule has 17 heavy (non-hydrogen) atoms. The van der Waals surface area contributed by atoms with Crippen molar-refractivity contribution in [2.24, 2.45) is 0 Å².